The average molecular weight is 336 g/mol. The number of rotatable bonds is 3. The number of carbonyl (C=O) groups is 2. The van der Waals surface area contributed by atoms with Crippen LogP contribution < -0.4 is 10.1 Å². The van der Waals surface area contributed by atoms with Crippen molar-refractivity contribution < 1.29 is 14.3 Å². The zero-order chi connectivity index (χ0) is 17.6. The van der Waals surface area contributed by atoms with Crippen molar-refractivity contribution in [1.82, 2.24) is 10.2 Å². The van der Waals surface area contributed by atoms with Gasteiger partial charge in [-0.3, -0.25) is 9.69 Å². The SMILES string of the molecule is COc1ccc(C)cc1CN1C(=O)N[C@]2(CCc3ccccc32)C1=O. The molecule has 25 heavy (non-hydrogen) atoms. The Bertz CT molecular complexity index is 877. The molecular weight excluding hydrogens is 316 g/mol. The molecule has 1 heterocycles. The first-order valence-electron chi connectivity index (χ1n) is 8.41. The Morgan fingerprint density at radius 3 is 2.80 bits per heavy atom. The van der Waals surface area contributed by atoms with Crippen molar-refractivity contribution in [1.29, 1.82) is 0 Å². The lowest BCUT2D eigenvalue weighted by molar-refractivity contribution is -0.132. The lowest BCUT2D eigenvalue weighted by Gasteiger charge is -2.22. The molecule has 3 amide bonds. The summed E-state index contributed by atoms with van der Waals surface area (Å²) in [5, 5.41) is 2.95. The van der Waals surface area contributed by atoms with E-state index >= 15 is 0 Å². The van der Waals surface area contributed by atoms with E-state index in [1.54, 1.807) is 7.11 Å². The number of aryl methyl sites for hydroxylation is 2. The van der Waals surface area contributed by atoms with Gasteiger partial charge in [-0.1, -0.05) is 42.0 Å². The molecule has 0 saturated carbocycles. The molecule has 0 unspecified atom stereocenters. The number of hydrogen-bond acceptors (Lipinski definition) is 3. The number of nitrogens with one attached hydrogen (secondary N) is 1. The molecule has 1 aliphatic carbocycles. The molecule has 5 heteroatoms. The van der Waals surface area contributed by atoms with Crippen LogP contribution >= 0.6 is 0 Å². The summed E-state index contributed by atoms with van der Waals surface area (Å²) >= 11 is 0. The van der Waals surface area contributed by atoms with Gasteiger partial charge in [-0.25, -0.2) is 4.79 Å². The third-order valence-electron chi connectivity index (χ3n) is 5.19. The Morgan fingerprint density at radius 1 is 1.20 bits per heavy atom. The van der Waals surface area contributed by atoms with Crippen LogP contribution in [0.15, 0.2) is 42.5 Å². The van der Waals surface area contributed by atoms with Crippen LogP contribution in [0, 0.1) is 6.92 Å². The summed E-state index contributed by atoms with van der Waals surface area (Å²) in [6, 6.07) is 13.3. The second-order valence-electron chi connectivity index (χ2n) is 6.70. The summed E-state index contributed by atoms with van der Waals surface area (Å²) in [4.78, 5) is 27.1. The number of nitrogens with zero attached hydrogens (tertiary/aromatic N) is 1. The smallest absolute Gasteiger partial charge is 0.325 e. The van der Waals surface area contributed by atoms with Gasteiger partial charge in [-0.15, -0.1) is 0 Å². The van der Waals surface area contributed by atoms with Gasteiger partial charge in [0.1, 0.15) is 11.3 Å². The number of carbonyl (C=O) groups excluding carboxylic acids is 2. The minimum absolute atomic E-state index is 0.175. The molecule has 0 radical (unpaired) electrons. The zero-order valence-corrected chi connectivity index (χ0v) is 14.3. The molecule has 1 atom stereocenters. The normalized spacial score (nSPS) is 21.6. The van der Waals surface area contributed by atoms with Gasteiger partial charge in [-0.2, -0.15) is 0 Å². The Morgan fingerprint density at radius 2 is 2.00 bits per heavy atom. The number of benzene rings is 2. The van der Waals surface area contributed by atoms with Gasteiger partial charge >= 0.3 is 6.03 Å². The molecule has 2 aliphatic rings. The van der Waals surface area contributed by atoms with Crippen LogP contribution in [0.5, 0.6) is 5.75 Å². The third-order valence-corrected chi connectivity index (χ3v) is 5.19. The molecule has 1 aliphatic heterocycles. The lowest BCUT2D eigenvalue weighted by Crippen LogP contribution is -2.41. The van der Waals surface area contributed by atoms with E-state index in [0.717, 1.165) is 28.7 Å². The van der Waals surface area contributed by atoms with Gasteiger partial charge in [0.2, 0.25) is 0 Å². The fourth-order valence-electron chi connectivity index (χ4n) is 3.93. The van der Waals surface area contributed by atoms with Crippen LogP contribution in [-0.4, -0.2) is 23.9 Å². The molecule has 1 saturated heterocycles. The zero-order valence-electron chi connectivity index (χ0n) is 14.3. The quantitative estimate of drug-likeness (QED) is 0.877. The molecule has 1 N–H and O–H groups in total. The number of fused-ring (bicyclic) bond motifs is 2. The second-order valence-corrected chi connectivity index (χ2v) is 6.70. The van der Waals surface area contributed by atoms with Gasteiger partial charge in [0.05, 0.1) is 13.7 Å². The predicted molar refractivity (Wildman–Crippen MR) is 93.3 cm³/mol. The molecule has 0 bridgehead atoms. The summed E-state index contributed by atoms with van der Waals surface area (Å²) in [6.45, 7) is 2.18. The Hall–Kier alpha value is -2.82. The standard InChI is InChI=1S/C20H20N2O3/c1-13-7-8-17(25-2)15(11-13)12-22-18(23)20(21-19(22)24)10-9-14-5-3-4-6-16(14)20/h3-8,11H,9-10,12H2,1-2H3,(H,21,24)/t20-/m0/s1. The summed E-state index contributed by atoms with van der Waals surface area (Å²) in [6.07, 6.45) is 1.40. The summed E-state index contributed by atoms with van der Waals surface area (Å²) in [7, 11) is 1.59. The van der Waals surface area contributed by atoms with Crippen LogP contribution in [0.3, 0.4) is 0 Å². The van der Waals surface area contributed by atoms with Crippen molar-refractivity contribution in [3.63, 3.8) is 0 Å². The predicted octanol–water partition coefficient (Wildman–Crippen LogP) is 2.90. The van der Waals surface area contributed by atoms with Crippen LogP contribution in [-0.2, 0) is 23.3 Å². The second kappa shape index (κ2) is 5.62. The minimum atomic E-state index is -0.912. The van der Waals surface area contributed by atoms with Gasteiger partial charge in [-0.05, 0) is 37.0 Å². The van der Waals surface area contributed by atoms with Crippen molar-refractivity contribution in [3.05, 3.63) is 64.7 Å². The van der Waals surface area contributed by atoms with E-state index < -0.39 is 5.54 Å². The number of hydrogen-bond donors (Lipinski definition) is 1. The molecule has 1 spiro atoms. The van der Waals surface area contributed by atoms with E-state index in [1.807, 2.05) is 49.4 Å². The molecule has 1 fully saturated rings. The molecule has 128 valence electrons. The molecule has 4 rings (SSSR count). The summed E-state index contributed by atoms with van der Waals surface area (Å²) in [5.74, 6) is 0.505. The summed E-state index contributed by atoms with van der Waals surface area (Å²) < 4.78 is 5.38. The first kappa shape index (κ1) is 15.7. The van der Waals surface area contributed by atoms with Crippen molar-refractivity contribution in [3.8, 4) is 5.75 Å². The highest BCUT2D eigenvalue weighted by molar-refractivity contribution is 6.08. The molecule has 2 aromatic rings. The number of urea groups is 1. The molecule has 0 aromatic heterocycles. The van der Waals surface area contributed by atoms with Crippen LogP contribution in [0.2, 0.25) is 0 Å². The van der Waals surface area contributed by atoms with Crippen molar-refractivity contribution in [2.45, 2.75) is 31.8 Å². The van der Waals surface area contributed by atoms with Crippen molar-refractivity contribution in [2.75, 3.05) is 7.11 Å². The highest BCUT2D eigenvalue weighted by Gasteiger charge is 2.55. The van der Waals surface area contributed by atoms with Gasteiger partial charge < -0.3 is 10.1 Å². The third kappa shape index (κ3) is 2.30. The van der Waals surface area contributed by atoms with E-state index in [9.17, 15) is 9.59 Å². The topological polar surface area (TPSA) is 58.6 Å². The van der Waals surface area contributed by atoms with Gasteiger partial charge in [0.25, 0.3) is 5.91 Å². The molecule has 5 nitrogen and oxygen atoms in total. The van der Waals surface area contributed by atoms with Gasteiger partial charge in [0, 0.05) is 5.56 Å². The van der Waals surface area contributed by atoms with E-state index in [2.05, 4.69) is 5.32 Å². The lowest BCUT2D eigenvalue weighted by atomic mass is 9.92. The fourth-order valence-corrected chi connectivity index (χ4v) is 3.93. The highest BCUT2D eigenvalue weighted by Crippen LogP contribution is 2.41. The van der Waals surface area contributed by atoms with Crippen LogP contribution in [0.4, 0.5) is 4.79 Å². The Balaban J connectivity index is 1.69. The first-order chi connectivity index (χ1) is 12.0. The monoisotopic (exact) mass is 336 g/mol. The molecular formula is C20H20N2O3. The maximum absolute atomic E-state index is 13.2. The Kier molecular flexibility index (Phi) is 3.53. The minimum Gasteiger partial charge on any atom is -0.496 e. The van der Waals surface area contributed by atoms with Crippen LogP contribution in [0.25, 0.3) is 0 Å². The van der Waals surface area contributed by atoms with Crippen molar-refractivity contribution in [2.24, 2.45) is 0 Å². The fraction of sp³-hybridized carbons (Fsp3) is 0.300. The van der Waals surface area contributed by atoms with Crippen LogP contribution in [0.1, 0.15) is 28.7 Å². The number of ether oxygens (including phenoxy) is 1. The van der Waals surface area contributed by atoms with E-state index in [-0.39, 0.29) is 18.5 Å². The maximum atomic E-state index is 13.2. The van der Waals surface area contributed by atoms with Crippen molar-refractivity contribution >= 4 is 11.9 Å². The number of methoxy groups -OCH3 is 1. The van der Waals surface area contributed by atoms with E-state index in [0.29, 0.717) is 12.2 Å². The average Bonchev–Trinajstić information content (AvgIpc) is 3.09. The van der Waals surface area contributed by atoms with E-state index in [4.69, 9.17) is 4.74 Å². The van der Waals surface area contributed by atoms with E-state index in [1.165, 1.54) is 4.90 Å². The number of amides is 3. The molecule has 2 aromatic carbocycles. The van der Waals surface area contributed by atoms with Gasteiger partial charge in [0.15, 0.2) is 0 Å². The summed E-state index contributed by atoms with van der Waals surface area (Å²) in [5.41, 5.74) is 3.03. The maximum Gasteiger partial charge on any atom is 0.325 e. The first-order valence-corrected chi connectivity index (χ1v) is 8.41. The largest absolute Gasteiger partial charge is 0.496 e. The Labute approximate surface area is 146 Å². The number of imide groups is 1. The highest BCUT2D eigenvalue weighted by atomic mass is 16.5.